The summed E-state index contributed by atoms with van der Waals surface area (Å²) < 4.78 is 10.8. The Kier molecular flexibility index (Phi) is 11.2. The second-order valence-electron chi connectivity index (χ2n) is 10.0. The molecule has 0 bridgehead atoms. The molecule has 3 amide bonds. The van der Waals surface area contributed by atoms with E-state index in [1.165, 1.54) is 0 Å². The number of methoxy groups -OCH3 is 2. The molecule has 0 unspecified atom stereocenters. The first-order chi connectivity index (χ1) is 18.7. The van der Waals surface area contributed by atoms with Crippen LogP contribution in [-0.4, -0.2) is 55.6 Å². The predicted octanol–water partition coefficient (Wildman–Crippen LogP) is 6.40. The van der Waals surface area contributed by atoms with Crippen molar-refractivity contribution in [1.29, 1.82) is 0 Å². The van der Waals surface area contributed by atoms with Gasteiger partial charge in [0, 0.05) is 23.7 Å². The Labute approximate surface area is 236 Å². The molecule has 39 heavy (non-hydrogen) atoms. The van der Waals surface area contributed by atoms with Gasteiger partial charge in [-0.05, 0) is 78.1 Å². The topological polar surface area (TPSA) is 71.1 Å². The monoisotopic (exact) mass is 551 g/mol. The first-order valence-corrected chi connectivity index (χ1v) is 14.3. The van der Waals surface area contributed by atoms with Crippen molar-refractivity contribution in [2.75, 3.05) is 39.2 Å². The third kappa shape index (κ3) is 8.75. The van der Waals surface area contributed by atoms with Crippen LogP contribution in [0.15, 0.2) is 53.9 Å². The summed E-state index contributed by atoms with van der Waals surface area (Å²) in [4.78, 5) is 31.7. The minimum Gasteiger partial charge on any atom is -0.493 e. The summed E-state index contributed by atoms with van der Waals surface area (Å²) >= 11 is 1.65. The lowest BCUT2D eigenvalue weighted by Crippen LogP contribution is -2.46. The van der Waals surface area contributed by atoms with Gasteiger partial charge in [-0.25, -0.2) is 4.79 Å². The number of thiophene rings is 1. The van der Waals surface area contributed by atoms with E-state index >= 15 is 0 Å². The molecule has 1 heterocycles. The molecule has 0 atom stereocenters. The smallest absolute Gasteiger partial charge is 0.322 e. The maximum atomic E-state index is 13.7. The number of hydrogen-bond donors (Lipinski definition) is 1. The second kappa shape index (κ2) is 14.6. The van der Waals surface area contributed by atoms with Crippen molar-refractivity contribution in [2.24, 2.45) is 5.92 Å². The van der Waals surface area contributed by atoms with Gasteiger partial charge in [-0.1, -0.05) is 39.0 Å². The Morgan fingerprint density at radius 3 is 2.38 bits per heavy atom. The van der Waals surface area contributed by atoms with Crippen molar-refractivity contribution < 1.29 is 19.1 Å². The van der Waals surface area contributed by atoms with Crippen molar-refractivity contribution in [3.8, 4) is 11.5 Å². The SMILES string of the molecule is CCc1cccc(NC(=O)N(CC(=O)N(CCc2ccc(OC)c(OC)c2)Cc2sccc2C)CC(C)C)c1. The molecule has 0 aliphatic carbocycles. The first kappa shape index (κ1) is 30.0. The van der Waals surface area contributed by atoms with E-state index < -0.39 is 0 Å². The van der Waals surface area contributed by atoms with Crippen LogP contribution in [0.1, 0.15) is 42.3 Å². The number of ether oxygens (including phenoxy) is 2. The third-order valence-electron chi connectivity index (χ3n) is 6.56. The fraction of sp³-hybridized carbons (Fsp3) is 0.419. The summed E-state index contributed by atoms with van der Waals surface area (Å²) in [6, 6.07) is 15.4. The molecule has 0 fully saturated rings. The number of hydrogen-bond acceptors (Lipinski definition) is 5. The zero-order chi connectivity index (χ0) is 28.4. The van der Waals surface area contributed by atoms with Gasteiger partial charge in [0.15, 0.2) is 11.5 Å². The van der Waals surface area contributed by atoms with Gasteiger partial charge in [0.1, 0.15) is 6.54 Å². The molecule has 210 valence electrons. The molecule has 3 aromatic rings. The van der Waals surface area contributed by atoms with E-state index in [1.54, 1.807) is 30.5 Å². The van der Waals surface area contributed by atoms with E-state index in [9.17, 15) is 9.59 Å². The molecular formula is C31H41N3O4S. The average Bonchev–Trinajstić information content (AvgIpc) is 3.34. The van der Waals surface area contributed by atoms with Gasteiger partial charge in [0.2, 0.25) is 5.91 Å². The van der Waals surface area contributed by atoms with E-state index in [0.29, 0.717) is 37.6 Å². The molecular weight excluding hydrogens is 510 g/mol. The van der Waals surface area contributed by atoms with Gasteiger partial charge in [-0.3, -0.25) is 4.79 Å². The Balaban J connectivity index is 1.78. The number of amides is 3. The van der Waals surface area contributed by atoms with Crippen LogP contribution in [0.5, 0.6) is 11.5 Å². The van der Waals surface area contributed by atoms with Crippen molar-refractivity contribution in [3.05, 3.63) is 75.5 Å². The van der Waals surface area contributed by atoms with Crippen LogP contribution in [0.4, 0.5) is 10.5 Å². The van der Waals surface area contributed by atoms with Gasteiger partial charge in [0.25, 0.3) is 0 Å². The molecule has 0 aliphatic rings. The van der Waals surface area contributed by atoms with Crippen LogP contribution in [0, 0.1) is 12.8 Å². The van der Waals surface area contributed by atoms with E-state index in [1.807, 2.05) is 66.6 Å². The van der Waals surface area contributed by atoms with E-state index in [2.05, 4.69) is 25.2 Å². The zero-order valence-corrected chi connectivity index (χ0v) is 24.8. The predicted molar refractivity (Wildman–Crippen MR) is 159 cm³/mol. The highest BCUT2D eigenvalue weighted by molar-refractivity contribution is 7.10. The largest absolute Gasteiger partial charge is 0.493 e. The number of nitrogens with one attached hydrogen (secondary N) is 1. The van der Waals surface area contributed by atoms with Crippen LogP contribution in [0.2, 0.25) is 0 Å². The summed E-state index contributed by atoms with van der Waals surface area (Å²) in [6.07, 6.45) is 1.53. The summed E-state index contributed by atoms with van der Waals surface area (Å²) in [7, 11) is 3.23. The standard InChI is InChI=1S/C31H41N3O4S/c1-7-24-9-8-10-26(17-24)32-31(36)34(19-22(2)3)21-30(35)33(20-29-23(4)14-16-39-29)15-13-25-11-12-27(37-5)28(18-25)38-6/h8-12,14,16-18,22H,7,13,15,19-21H2,1-6H3,(H,32,36). The van der Waals surface area contributed by atoms with Crippen LogP contribution in [0.25, 0.3) is 0 Å². The van der Waals surface area contributed by atoms with Gasteiger partial charge >= 0.3 is 6.03 Å². The maximum Gasteiger partial charge on any atom is 0.322 e. The van der Waals surface area contributed by atoms with Crippen LogP contribution in [-0.2, 0) is 24.2 Å². The summed E-state index contributed by atoms with van der Waals surface area (Å²) in [5, 5.41) is 5.04. The molecule has 1 aromatic heterocycles. The quantitative estimate of drug-likeness (QED) is 0.267. The maximum absolute atomic E-state index is 13.7. The molecule has 0 aliphatic heterocycles. The molecule has 1 N–H and O–H groups in total. The fourth-order valence-electron chi connectivity index (χ4n) is 4.33. The number of rotatable bonds is 13. The Hall–Kier alpha value is -3.52. The number of benzene rings is 2. The Morgan fingerprint density at radius 1 is 0.974 bits per heavy atom. The normalized spacial score (nSPS) is 10.8. The lowest BCUT2D eigenvalue weighted by molar-refractivity contribution is -0.132. The highest BCUT2D eigenvalue weighted by atomic mass is 32.1. The highest BCUT2D eigenvalue weighted by Gasteiger charge is 2.23. The van der Waals surface area contributed by atoms with E-state index in [4.69, 9.17) is 9.47 Å². The van der Waals surface area contributed by atoms with E-state index in [0.717, 1.165) is 33.7 Å². The molecule has 0 spiro atoms. The van der Waals surface area contributed by atoms with Crippen molar-refractivity contribution in [2.45, 2.75) is 47.1 Å². The molecule has 2 aromatic carbocycles. The van der Waals surface area contributed by atoms with Gasteiger partial charge in [-0.15, -0.1) is 11.3 Å². The molecule has 0 saturated carbocycles. The number of carbonyl (C=O) groups is 2. The van der Waals surface area contributed by atoms with Crippen molar-refractivity contribution >= 4 is 29.0 Å². The summed E-state index contributed by atoms with van der Waals surface area (Å²) in [5.74, 6) is 1.46. The third-order valence-corrected chi connectivity index (χ3v) is 7.57. The lowest BCUT2D eigenvalue weighted by atomic mass is 10.1. The van der Waals surface area contributed by atoms with Gasteiger partial charge < -0.3 is 24.6 Å². The number of carbonyl (C=O) groups excluding carboxylic acids is 2. The molecule has 0 saturated heterocycles. The Bertz CT molecular complexity index is 1240. The van der Waals surface area contributed by atoms with Crippen LogP contribution >= 0.6 is 11.3 Å². The average molecular weight is 552 g/mol. The first-order valence-electron chi connectivity index (χ1n) is 13.4. The highest BCUT2D eigenvalue weighted by Crippen LogP contribution is 2.28. The van der Waals surface area contributed by atoms with Gasteiger partial charge in [-0.2, -0.15) is 0 Å². The minimum absolute atomic E-state index is 0.00778. The molecule has 3 rings (SSSR count). The summed E-state index contributed by atoms with van der Waals surface area (Å²) in [5.41, 5.74) is 4.09. The Morgan fingerprint density at radius 2 is 1.74 bits per heavy atom. The molecule has 7 nitrogen and oxygen atoms in total. The number of aryl methyl sites for hydroxylation is 2. The van der Waals surface area contributed by atoms with Crippen LogP contribution < -0.4 is 14.8 Å². The number of anilines is 1. The van der Waals surface area contributed by atoms with Crippen molar-refractivity contribution in [1.82, 2.24) is 9.80 Å². The number of nitrogens with zero attached hydrogens (tertiary/aromatic N) is 2. The van der Waals surface area contributed by atoms with E-state index in [-0.39, 0.29) is 24.4 Å². The lowest BCUT2D eigenvalue weighted by Gasteiger charge is -2.29. The number of urea groups is 1. The minimum atomic E-state index is -0.266. The second-order valence-corrected chi connectivity index (χ2v) is 11.0. The molecule has 0 radical (unpaired) electrons. The zero-order valence-electron chi connectivity index (χ0n) is 24.0. The summed E-state index contributed by atoms with van der Waals surface area (Å²) in [6.45, 7) is 9.74. The van der Waals surface area contributed by atoms with Gasteiger partial charge in [0.05, 0.1) is 20.8 Å². The van der Waals surface area contributed by atoms with Crippen LogP contribution in [0.3, 0.4) is 0 Å². The van der Waals surface area contributed by atoms with Crippen molar-refractivity contribution in [3.63, 3.8) is 0 Å². The fourth-order valence-corrected chi connectivity index (χ4v) is 5.25. The molecule has 8 heteroatoms.